The predicted molar refractivity (Wildman–Crippen MR) is 30.3 cm³/mol. The Hall–Kier alpha value is 1.86. The van der Waals surface area contributed by atoms with Crippen molar-refractivity contribution in [2.24, 2.45) is 0 Å². The van der Waals surface area contributed by atoms with Crippen molar-refractivity contribution in [3.05, 3.63) is 0 Å². The van der Waals surface area contributed by atoms with Crippen molar-refractivity contribution < 1.29 is 19.2 Å². The van der Waals surface area contributed by atoms with Crippen molar-refractivity contribution in [1.82, 2.24) is 0 Å². The summed E-state index contributed by atoms with van der Waals surface area (Å²) in [7, 11) is -4.61. The van der Waals surface area contributed by atoms with Gasteiger partial charge in [0.05, 0.1) is 0 Å². The average molecular weight is 515 g/mol. The van der Waals surface area contributed by atoms with Crippen molar-refractivity contribution in [3.8, 4) is 0 Å². The Labute approximate surface area is 81.0 Å². The fraction of sp³-hybridized carbons (Fsp3) is 0. The van der Waals surface area contributed by atoms with E-state index in [0.29, 0.717) is 0 Å². The van der Waals surface area contributed by atoms with E-state index in [1.54, 1.807) is 0 Å². The van der Waals surface area contributed by atoms with E-state index in [9.17, 15) is 0 Å². The topological polar surface area (TPSA) is 80.9 Å². The van der Waals surface area contributed by atoms with Gasteiger partial charge >= 0.3 is 35.3 Å². The second kappa shape index (κ2) is 5.99. The molecule has 4 radical (unpaired) electrons. The molecular weight excluding hydrogens is 508 g/mol. The van der Waals surface area contributed by atoms with Gasteiger partial charge in [-0.2, -0.15) is 0 Å². The Morgan fingerprint density at radius 3 is 0.857 bits per heavy atom. The van der Waals surface area contributed by atoms with Crippen LogP contribution in [0.25, 0.3) is 0 Å². The van der Waals surface area contributed by atoms with Gasteiger partial charge in [-0.15, -0.1) is 0 Å². The maximum atomic E-state index is 7.33. The van der Waals surface area contributed by atoms with Crippen molar-refractivity contribution in [2.75, 3.05) is 0 Å². The summed E-state index contributed by atoms with van der Waals surface area (Å²) in [4.78, 5) is 29.3. The van der Waals surface area contributed by atoms with E-state index in [2.05, 4.69) is 0 Å². The van der Waals surface area contributed by atoms with Crippen LogP contribution in [0.3, 0.4) is 0 Å². The second-order valence-corrected chi connectivity index (χ2v) is 1.80. The second-order valence-electron chi connectivity index (χ2n) is 0.600. The summed E-state index contributed by atoms with van der Waals surface area (Å²) in [6.07, 6.45) is 0. The summed E-state index contributed by atoms with van der Waals surface area (Å²) in [5.74, 6) is 0. The van der Waals surface area contributed by atoms with Gasteiger partial charge in [-0.05, 0) is 0 Å². The first-order valence-electron chi connectivity index (χ1n) is 0.894. The first-order chi connectivity index (χ1) is 2.00. The first-order valence-corrected chi connectivity index (χ1v) is 2.68. The molecule has 0 heterocycles. The molecule has 0 unspecified atom stereocenters. The fourth-order valence-corrected chi connectivity index (χ4v) is 0. The van der Waals surface area contributed by atoms with Crippen LogP contribution in [-0.2, 0) is 0 Å². The third kappa shape index (κ3) is 77.9. The summed E-state index contributed by atoms with van der Waals surface area (Å²) < 4.78 is 0. The summed E-state index contributed by atoms with van der Waals surface area (Å²) in [5.41, 5.74) is 0. The Kier molecular flexibility index (Phi) is 13.6. The molecule has 0 bridgehead atoms. The fourth-order valence-electron chi connectivity index (χ4n) is 0. The molecule has 0 rings (SSSR count). The molecule has 0 saturated carbocycles. The van der Waals surface area contributed by atoms with Crippen LogP contribution in [0.4, 0.5) is 0 Å². The van der Waals surface area contributed by atoms with E-state index in [4.69, 9.17) is 19.2 Å². The molecule has 0 atom stereocenters. The molecule has 0 aromatic rings. The third-order valence-electron chi connectivity index (χ3n) is 0. The smallest absolute Gasteiger partial charge is 0 e. The normalized spacial score (nSPS) is 8.57. The minimum atomic E-state index is -4.61. The predicted octanol–water partition coefficient (Wildman–Crippen LogP) is -4.17. The van der Waals surface area contributed by atoms with Gasteiger partial charge in [0.1, 0.15) is 0 Å². The van der Waals surface area contributed by atoms with E-state index < -0.39 is 9.05 Å². The van der Waals surface area contributed by atoms with Crippen LogP contribution in [0.15, 0.2) is 0 Å². The zero-order valence-electron chi connectivity index (χ0n) is 3.50. The van der Waals surface area contributed by atoms with E-state index in [-0.39, 0.29) is 53.5 Å². The quantitative estimate of drug-likeness (QED) is 0.247. The Bertz CT molecular complexity index is 27.2. The Balaban J connectivity index is -0.0000000800. The molecule has 0 amide bonds. The third-order valence-corrected chi connectivity index (χ3v) is 0. The number of hydrogen-bond acceptors (Lipinski definition) is 4. The zero-order valence-corrected chi connectivity index (χ0v) is 13.9. The van der Waals surface area contributed by atoms with Gasteiger partial charge in [-0.3, -0.25) is 0 Å². The van der Waals surface area contributed by atoms with Gasteiger partial charge in [-0.1, -0.05) is 0 Å². The van der Waals surface area contributed by atoms with Crippen LogP contribution in [0.1, 0.15) is 0 Å². The van der Waals surface area contributed by atoms with Gasteiger partial charge in [0.25, 0.3) is 0 Å². The minimum Gasteiger partial charge on any atom is 0 e. The SMILES string of the molecule is O[Si](O)(O)O.[BiH3].[Pb]. The van der Waals surface area contributed by atoms with E-state index >= 15 is 0 Å². The van der Waals surface area contributed by atoms with Crippen molar-refractivity contribution in [3.63, 3.8) is 0 Å². The molecule has 0 fully saturated rings. The molecule has 0 spiro atoms. The molecule has 44 valence electrons. The molecule has 0 aliphatic carbocycles. The van der Waals surface area contributed by atoms with E-state index in [1.807, 2.05) is 0 Å². The van der Waals surface area contributed by atoms with Crippen molar-refractivity contribution in [2.45, 2.75) is 0 Å². The summed E-state index contributed by atoms with van der Waals surface area (Å²) in [6, 6.07) is 0. The van der Waals surface area contributed by atoms with Gasteiger partial charge in [-0.25, -0.2) is 0 Å². The molecule has 0 aliphatic heterocycles. The molecule has 7 heteroatoms. The molecule has 0 aliphatic rings. The molecule has 7 heavy (non-hydrogen) atoms. The summed E-state index contributed by atoms with van der Waals surface area (Å²) in [5, 5.41) is 0. The number of rotatable bonds is 0. The minimum absolute atomic E-state index is 0. The Morgan fingerprint density at radius 1 is 0.857 bits per heavy atom. The van der Waals surface area contributed by atoms with Crippen LogP contribution in [0, 0.1) is 0 Å². The monoisotopic (exact) mass is 516 g/mol. The van der Waals surface area contributed by atoms with Gasteiger partial charge < -0.3 is 19.2 Å². The average Bonchev–Trinajstić information content (AvgIpc) is 0.722. The molecule has 0 saturated heterocycles. The first kappa shape index (κ1) is 15.9. The largest absolute Gasteiger partial charge is 0 e. The van der Waals surface area contributed by atoms with Crippen LogP contribution in [0.2, 0.25) is 0 Å². The standard InChI is InChI=1S/Bi.H4O4Si.Pb.3H/c;1-5(2,3)4;;;;/h;1-4H;;;;. The molecular formula is H7BiO4PbSi. The molecule has 4 N–H and O–H groups in total. The Morgan fingerprint density at radius 2 is 0.857 bits per heavy atom. The van der Waals surface area contributed by atoms with Crippen LogP contribution in [0.5, 0.6) is 0 Å². The van der Waals surface area contributed by atoms with Crippen molar-refractivity contribution in [1.29, 1.82) is 0 Å². The molecule has 0 aromatic carbocycles. The maximum absolute atomic E-state index is 7.33. The molecule has 0 aromatic heterocycles. The summed E-state index contributed by atoms with van der Waals surface area (Å²) >= 11 is 0. The molecule has 4 nitrogen and oxygen atoms in total. The zero-order chi connectivity index (χ0) is 4.50. The summed E-state index contributed by atoms with van der Waals surface area (Å²) in [6.45, 7) is 0. The van der Waals surface area contributed by atoms with Gasteiger partial charge in [0.2, 0.25) is 0 Å². The number of hydrogen-bond donors (Lipinski definition) is 4. The van der Waals surface area contributed by atoms with E-state index in [1.165, 1.54) is 0 Å². The van der Waals surface area contributed by atoms with Crippen LogP contribution in [-0.4, -0.2) is 81.7 Å². The van der Waals surface area contributed by atoms with E-state index in [0.717, 1.165) is 0 Å². The maximum Gasteiger partial charge on any atom is 0 e. The van der Waals surface area contributed by atoms with Crippen LogP contribution < -0.4 is 0 Å². The van der Waals surface area contributed by atoms with Gasteiger partial charge in [0.15, 0.2) is 0 Å². The van der Waals surface area contributed by atoms with Crippen molar-refractivity contribution >= 4 is 62.6 Å². The van der Waals surface area contributed by atoms with Crippen LogP contribution >= 0.6 is 0 Å². The van der Waals surface area contributed by atoms with Gasteiger partial charge in [0, 0.05) is 27.3 Å².